The molecule has 0 saturated carbocycles. The number of benzene rings is 2. The quantitative estimate of drug-likeness (QED) is 0.697. The van der Waals surface area contributed by atoms with Gasteiger partial charge in [0, 0.05) is 13.6 Å². The number of aliphatic hydroxyl groups excluding tert-OH is 1. The Hall–Kier alpha value is -3.12. The number of carbonyl (C=O) groups excluding carboxylic acids is 2. The van der Waals surface area contributed by atoms with Gasteiger partial charge in [-0.05, 0) is 48.7 Å². The van der Waals surface area contributed by atoms with Gasteiger partial charge in [0.1, 0.15) is 11.4 Å². The highest BCUT2D eigenvalue weighted by molar-refractivity contribution is 6.45. The first kappa shape index (κ1) is 20.6. The first-order chi connectivity index (χ1) is 14.0. The highest BCUT2D eigenvalue weighted by Crippen LogP contribution is 2.35. The highest BCUT2D eigenvalue weighted by atomic mass is 16.5. The maximum absolute atomic E-state index is 13.3. The number of amides is 2. The second-order valence-corrected chi connectivity index (χ2v) is 6.79. The number of rotatable bonds is 8. The minimum atomic E-state index is -0.390. The van der Waals surface area contributed by atoms with E-state index in [0.29, 0.717) is 29.2 Å². The molecule has 2 amide bonds. The van der Waals surface area contributed by atoms with E-state index >= 15 is 0 Å². The molecule has 2 aromatic rings. The lowest BCUT2D eigenvalue weighted by Gasteiger charge is -2.20. The first-order valence-corrected chi connectivity index (χ1v) is 9.79. The van der Waals surface area contributed by atoms with Gasteiger partial charge in [0.05, 0.1) is 24.5 Å². The number of aliphatic hydroxyl groups is 1. The van der Waals surface area contributed by atoms with E-state index in [0.717, 1.165) is 12.0 Å². The molecule has 3 rings (SSSR count). The monoisotopic (exact) mass is 394 g/mol. The molecule has 0 fully saturated rings. The number of hydrogen-bond acceptors (Lipinski definition) is 5. The number of ether oxygens (including phenoxy) is 1. The van der Waals surface area contributed by atoms with Gasteiger partial charge in [-0.1, -0.05) is 31.2 Å². The van der Waals surface area contributed by atoms with Crippen molar-refractivity contribution in [1.29, 1.82) is 0 Å². The number of nitrogens with zero attached hydrogens (tertiary/aromatic N) is 2. The van der Waals surface area contributed by atoms with Gasteiger partial charge >= 0.3 is 0 Å². The zero-order valence-corrected chi connectivity index (χ0v) is 17.0. The van der Waals surface area contributed by atoms with Gasteiger partial charge in [-0.3, -0.25) is 9.59 Å². The lowest BCUT2D eigenvalue weighted by molar-refractivity contribution is -0.120. The molecule has 0 aliphatic carbocycles. The second-order valence-electron chi connectivity index (χ2n) is 6.79. The molecule has 2 aromatic carbocycles. The van der Waals surface area contributed by atoms with Gasteiger partial charge in [-0.2, -0.15) is 0 Å². The van der Waals surface area contributed by atoms with E-state index in [1.54, 1.807) is 48.3 Å². The van der Waals surface area contributed by atoms with E-state index in [9.17, 15) is 14.7 Å². The maximum Gasteiger partial charge on any atom is 0.282 e. The summed E-state index contributed by atoms with van der Waals surface area (Å²) in [4.78, 5) is 29.4. The van der Waals surface area contributed by atoms with Gasteiger partial charge in [-0.25, -0.2) is 4.90 Å². The molecule has 0 unspecified atom stereocenters. The molecular weight excluding hydrogens is 368 g/mol. The van der Waals surface area contributed by atoms with Crippen molar-refractivity contribution in [1.82, 2.24) is 4.90 Å². The van der Waals surface area contributed by atoms with Crippen LogP contribution < -0.4 is 9.64 Å². The molecule has 0 spiro atoms. The second kappa shape index (κ2) is 8.92. The van der Waals surface area contributed by atoms with Crippen LogP contribution in [0, 0.1) is 0 Å². The zero-order chi connectivity index (χ0) is 21.0. The Labute approximate surface area is 171 Å². The summed E-state index contributed by atoms with van der Waals surface area (Å²) >= 11 is 0. The fraction of sp³-hybridized carbons (Fsp3) is 0.304. The topological polar surface area (TPSA) is 70.1 Å². The summed E-state index contributed by atoms with van der Waals surface area (Å²) in [7, 11) is 1.70. The van der Waals surface area contributed by atoms with Crippen molar-refractivity contribution in [3.05, 3.63) is 65.4 Å². The van der Waals surface area contributed by atoms with Crippen LogP contribution in [0.25, 0.3) is 5.57 Å². The number of imide groups is 1. The van der Waals surface area contributed by atoms with Crippen LogP contribution in [-0.4, -0.2) is 48.6 Å². The number of anilines is 1. The van der Waals surface area contributed by atoms with Crippen molar-refractivity contribution < 1.29 is 19.4 Å². The Balaban J connectivity index is 2.04. The lowest BCUT2D eigenvalue weighted by Crippen LogP contribution is -2.34. The van der Waals surface area contributed by atoms with Crippen LogP contribution in [0.5, 0.6) is 5.75 Å². The standard InChI is InChI=1S/C23H26N2O4/c1-4-16-6-10-18(11-7-16)25-22(27)20(21(23(25)28)24(3)14-15-26)17-8-12-19(13-9-17)29-5-2/h6-13,26H,4-5,14-15H2,1-3H3. The predicted octanol–water partition coefficient (Wildman–Crippen LogP) is 2.86. The number of hydrogen-bond donors (Lipinski definition) is 1. The van der Waals surface area contributed by atoms with Crippen LogP contribution in [0.1, 0.15) is 25.0 Å². The molecular formula is C23H26N2O4. The van der Waals surface area contributed by atoms with Crippen LogP contribution in [-0.2, 0) is 16.0 Å². The fourth-order valence-electron chi connectivity index (χ4n) is 3.39. The van der Waals surface area contributed by atoms with E-state index in [1.807, 2.05) is 19.1 Å². The minimum absolute atomic E-state index is 0.122. The molecule has 1 aliphatic rings. The Morgan fingerprint density at radius 3 is 2.17 bits per heavy atom. The van der Waals surface area contributed by atoms with Gasteiger partial charge in [-0.15, -0.1) is 0 Å². The maximum atomic E-state index is 13.3. The summed E-state index contributed by atoms with van der Waals surface area (Å²) < 4.78 is 5.47. The van der Waals surface area contributed by atoms with Crippen LogP contribution >= 0.6 is 0 Å². The molecule has 1 heterocycles. The zero-order valence-electron chi connectivity index (χ0n) is 17.0. The largest absolute Gasteiger partial charge is 0.494 e. The molecule has 6 heteroatoms. The average Bonchev–Trinajstić information content (AvgIpc) is 2.99. The van der Waals surface area contributed by atoms with E-state index in [1.165, 1.54) is 4.90 Å². The number of carbonyl (C=O) groups is 2. The third-order valence-electron chi connectivity index (χ3n) is 4.93. The Morgan fingerprint density at radius 1 is 0.966 bits per heavy atom. The van der Waals surface area contributed by atoms with Crippen molar-refractivity contribution in [3.63, 3.8) is 0 Å². The van der Waals surface area contributed by atoms with Crippen LogP contribution in [0.15, 0.2) is 54.2 Å². The number of aryl methyl sites for hydroxylation is 1. The summed E-state index contributed by atoms with van der Waals surface area (Å²) in [6.45, 7) is 4.63. The van der Waals surface area contributed by atoms with Gasteiger partial charge in [0.15, 0.2) is 0 Å². The number of likely N-dealkylation sites (N-methyl/N-ethyl adjacent to an activating group) is 1. The van der Waals surface area contributed by atoms with Gasteiger partial charge < -0.3 is 14.7 Å². The smallest absolute Gasteiger partial charge is 0.282 e. The minimum Gasteiger partial charge on any atom is -0.494 e. The summed E-state index contributed by atoms with van der Waals surface area (Å²) in [5.74, 6) is -0.0619. The third-order valence-corrected chi connectivity index (χ3v) is 4.93. The molecule has 0 bridgehead atoms. The van der Waals surface area contributed by atoms with Crippen molar-refractivity contribution in [2.45, 2.75) is 20.3 Å². The van der Waals surface area contributed by atoms with Gasteiger partial charge in [0.2, 0.25) is 0 Å². The molecule has 0 saturated heterocycles. The Morgan fingerprint density at radius 2 is 1.62 bits per heavy atom. The summed E-state index contributed by atoms with van der Waals surface area (Å²) in [6.07, 6.45) is 0.877. The van der Waals surface area contributed by atoms with E-state index in [4.69, 9.17) is 4.74 Å². The van der Waals surface area contributed by atoms with E-state index in [2.05, 4.69) is 6.92 Å². The molecule has 1 aliphatic heterocycles. The van der Waals surface area contributed by atoms with E-state index in [-0.39, 0.29) is 30.7 Å². The SMILES string of the molecule is CCOc1ccc(C2=C(N(C)CCO)C(=O)N(c3ccc(CC)cc3)C2=O)cc1. The lowest BCUT2D eigenvalue weighted by atomic mass is 10.0. The molecule has 29 heavy (non-hydrogen) atoms. The third kappa shape index (κ3) is 4.03. The van der Waals surface area contributed by atoms with Crippen LogP contribution in [0.3, 0.4) is 0 Å². The van der Waals surface area contributed by atoms with Gasteiger partial charge in [0.25, 0.3) is 11.8 Å². The molecule has 0 radical (unpaired) electrons. The fourth-order valence-corrected chi connectivity index (χ4v) is 3.39. The molecule has 152 valence electrons. The van der Waals surface area contributed by atoms with Crippen LogP contribution in [0.4, 0.5) is 5.69 Å². The Kier molecular flexibility index (Phi) is 6.34. The normalized spacial score (nSPS) is 14.0. The molecule has 1 N–H and O–H groups in total. The predicted molar refractivity (Wildman–Crippen MR) is 113 cm³/mol. The average molecular weight is 394 g/mol. The summed E-state index contributed by atoms with van der Waals surface area (Å²) in [6, 6.07) is 14.5. The van der Waals surface area contributed by atoms with Crippen molar-refractivity contribution in [3.8, 4) is 5.75 Å². The van der Waals surface area contributed by atoms with E-state index < -0.39 is 0 Å². The van der Waals surface area contributed by atoms with Crippen molar-refractivity contribution in [2.75, 3.05) is 31.7 Å². The van der Waals surface area contributed by atoms with Crippen LogP contribution in [0.2, 0.25) is 0 Å². The Bertz CT molecular complexity index is 917. The summed E-state index contributed by atoms with van der Waals surface area (Å²) in [5, 5.41) is 9.35. The molecule has 0 atom stereocenters. The summed E-state index contributed by atoms with van der Waals surface area (Å²) in [5.41, 5.74) is 2.92. The first-order valence-electron chi connectivity index (χ1n) is 9.79. The highest BCUT2D eigenvalue weighted by Gasteiger charge is 2.41. The molecule has 0 aromatic heterocycles. The van der Waals surface area contributed by atoms with Crippen molar-refractivity contribution >= 4 is 23.1 Å². The van der Waals surface area contributed by atoms with Crippen molar-refractivity contribution in [2.24, 2.45) is 0 Å². The molecule has 6 nitrogen and oxygen atoms in total.